The summed E-state index contributed by atoms with van der Waals surface area (Å²) in [5, 5.41) is 22.3. The highest BCUT2D eigenvalue weighted by molar-refractivity contribution is 6.36. The van der Waals surface area contributed by atoms with Crippen LogP contribution in [0.25, 0.3) is 0 Å². The number of hydrogen-bond acceptors (Lipinski definition) is 9. The van der Waals surface area contributed by atoms with Gasteiger partial charge in [0.05, 0.1) is 52.2 Å². The Balaban J connectivity index is 1.35. The molecule has 3 N–H and O–H groups in total. The largest absolute Gasteiger partial charge is 0.573 e. The molecule has 3 fully saturated rings. The van der Waals surface area contributed by atoms with Gasteiger partial charge in [0.1, 0.15) is 17.2 Å². The van der Waals surface area contributed by atoms with Crippen molar-refractivity contribution in [1.82, 2.24) is 5.01 Å². The zero-order valence-corrected chi connectivity index (χ0v) is 31.5. The number of hydrazine groups is 1. The van der Waals surface area contributed by atoms with Crippen LogP contribution in [0.15, 0.2) is 96.6 Å². The van der Waals surface area contributed by atoms with E-state index in [9.17, 15) is 42.6 Å². The number of alkyl halides is 3. The van der Waals surface area contributed by atoms with E-state index in [0.29, 0.717) is 11.3 Å². The van der Waals surface area contributed by atoms with E-state index in [2.05, 4.69) is 10.2 Å². The molecule has 17 heteroatoms. The number of rotatable bonds is 8. The Bertz CT molecular complexity index is 2460. The first-order chi connectivity index (χ1) is 27.5. The number of carbonyl (C=O) groups excluding carboxylic acids is 4. The summed E-state index contributed by atoms with van der Waals surface area (Å²) in [4.78, 5) is 71.7. The number of hydrogen-bond donors (Lipinski definition) is 3. The number of nitrogens with one attached hydrogen (secondary N) is 1. The SMILES string of the molecule is COc1ccc([C@@]23C(=O)N(Nc4ccc(Cl)cc4Cl)C(=O)[C@@H]2C[C@@H]2C(=CC[C@@H]4C(=O)N(c5cccc(C(=O)O)c5)C(=O)[C@@H]42)[C@@H]3c2cc(OC(F)(F)F)ccc2O)cc1. The van der Waals surface area contributed by atoms with Gasteiger partial charge in [0.15, 0.2) is 0 Å². The Morgan fingerprint density at radius 1 is 0.897 bits per heavy atom. The quantitative estimate of drug-likeness (QED) is 0.120. The third-order valence-electron chi connectivity index (χ3n) is 11.5. The van der Waals surface area contributed by atoms with Crippen molar-refractivity contribution in [2.75, 3.05) is 17.4 Å². The van der Waals surface area contributed by atoms with Gasteiger partial charge in [-0.25, -0.2) is 4.79 Å². The van der Waals surface area contributed by atoms with Crippen molar-refractivity contribution in [3.05, 3.63) is 123 Å². The van der Waals surface area contributed by atoms with E-state index >= 15 is 4.79 Å². The van der Waals surface area contributed by atoms with Crippen LogP contribution >= 0.6 is 23.2 Å². The number of halogens is 5. The molecule has 1 saturated carbocycles. The molecule has 12 nitrogen and oxygen atoms in total. The summed E-state index contributed by atoms with van der Waals surface area (Å²) in [6, 6.07) is 18.6. The first-order valence-corrected chi connectivity index (χ1v) is 18.5. The highest BCUT2D eigenvalue weighted by Crippen LogP contribution is 2.65. The minimum absolute atomic E-state index is 0.0165. The molecule has 4 amide bonds. The number of aromatic carboxylic acids is 1. The van der Waals surface area contributed by atoms with Crippen LogP contribution in [0, 0.1) is 23.7 Å². The first kappa shape index (κ1) is 38.8. The topological polar surface area (TPSA) is 163 Å². The standard InChI is InChI=1S/C41H30Cl2F3N3O9/c1-57-23-8-5-20(6-9-23)40-29(36(52)49(39(40)56)47-31-13-7-21(42)16-30(31)43)18-27-25(34(40)28-17-24(10-14-32(28)50)58-41(44,45)46)11-12-26-33(27)37(53)48(35(26)51)22-4-2-3-19(15-22)38(54)55/h2-11,13-17,26-27,29,33-34,47,50H,12,18H2,1H3,(H,54,55)/t26-,27+,29-,33-,34+,40+/m0/s1. The summed E-state index contributed by atoms with van der Waals surface area (Å²) in [5.74, 6) is -11.0. The number of fused-ring (bicyclic) bond motifs is 4. The molecular weight excluding hydrogens is 806 g/mol. The number of nitrogens with zero attached hydrogens (tertiary/aromatic N) is 2. The van der Waals surface area contributed by atoms with Crippen molar-refractivity contribution >= 4 is 64.2 Å². The van der Waals surface area contributed by atoms with Gasteiger partial charge in [-0.3, -0.25) is 29.5 Å². The van der Waals surface area contributed by atoms with E-state index in [4.69, 9.17) is 27.9 Å². The van der Waals surface area contributed by atoms with Crippen molar-refractivity contribution in [3.63, 3.8) is 0 Å². The lowest BCUT2D eigenvalue weighted by Crippen LogP contribution is -2.53. The number of phenolic OH excluding ortho intramolecular Hbond substituents is 1. The van der Waals surface area contributed by atoms with Crippen LogP contribution < -0.4 is 19.8 Å². The van der Waals surface area contributed by atoms with Gasteiger partial charge in [-0.1, -0.05) is 53.1 Å². The maximum atomic E-state index is 15.4. The van der Waals surface area contributed by atoms with E-state index < -0.39 is 82.5 Å². The smallest absolute Gasteiger partial charge is 0.508 e. The number of allylic oxidation sites excluding steroid dienone is 2. The minimum atomic E-state index is -5.15. The minimum Gasteiger partial charge on any atom is -0.508 e. The molecule has 298 valence electrons. The van der Waals surface area contributed by atoms with Crippen LogP contribution in [0.2, 0.25) is 10.0 Å². The van der Waals surface area contributed by atoms with Gasteiger partial charge in [0.2, 0.25) is 11.8 Å². The fraction of sp³-hybridized carbons (Fsp3) is 0.244. The van der Waals surface area contributed by atoms with Crippen molar-refractivity contribution in [1.29, 1.82) is 0 Å². The van der Waals surface area contributed by atoms with E-state index in [-0.39, 0.29) is 51.0 Å². The van der Waals surface area contributed by atoms with Gasteiger partial charge in [0.25, 0.3) is 11.8 Å². The maximum Gasteiger partial charge on any atom is 0.573 e. The molecule has 0 bridgehead atoms. The number of ether oxygens (including phenoxy) is 2. The summed E-state index contributed by atoms with van der Waals surface area (Å²) in [7, 11) is 1.42. The Morgan fingerprint density at radius 2 is 1.62 bits per heavy atom. The fourth-order valence-electron chi connectivity index (χ4n) is 9.18. The highest BCUT2D eigenvalue weighted by Gasteiger charge is 2.71. The van der Waals surface area contributed by atoms with Crippen molar-refractivity contribution in [2.45, 2.75) is 30.5 Å². The summed E-state index contributed by atoms with van der Waals surface area (Å²) in [6.07, 6.45) is -3.78. The Morgan fingerprint density at radius 3 is 2.29 bits per heavy atom. The average molecular weight is 837 g/mol. The van der Waals surface area contributed by atoms with Gasteiger partial charge in [-0.15, -0.1) is 13.2 Å². The summed E-state index contributed by atoms with van der Waals surface area (Å²) < 4.78 is 50.6. The Kier molecular flexibility index (Phi) is 9.43. The number of carboxylic acid groups (broad SMARTS) is 1. The second-order valence-electron chi connectivity index (χ2n) is 14.3. The van der Waals surface area contributed by atoms with Crippen molar-refractivity contribution in [3.8, 4) is 17.2 Å². The number of carbonyl (C=O) groups is 5. The predicted molar refractivity (Wildman–Crippen MR) is 201 cm³/mol. The number of anilines is 2. The third-order valence-corrected chi connectivity index (χ3v) is 12.0. The molecule has 4 aromatic carbocycles. The summed E-state index contributed by atoms with van der Waals surface area (Å²) >= 11 is 12.6. The van der Waals surface area contributed by atoms with Gasteiger partial charge in [0, 0.05) is 16.5 Å². The Labute approximate surface area is 337 Å². The van der Waals surface area contributed by atoms with E-state index in [0.717, 1.165) is 28.1 Å². The molecule has 2 aliphatic heterocycles. The van der Waals surface area contributed by atoms with E-state index in [1.807, 2.05) is 0 Å². The molecule has 0 radical (unpaired) electrons. The number of carboxylic acids is 1. The summed E-state index contributed by atoms with van der Waals surface area (Å²) in [6.45, 7) is 0. The third kappa shape index (κ3) is 6.11. The van der Waals surface area contributed by atoms with Crippen molar-refractivity contribution in [2.24, 2.45) is 23.7 Å². The van der Waals surface area contributed by atoms with Crippen LogP contribution in [0.1, 0.15) is 40.2 Å². The lowest BCUT2D eigenvalue weighted by atomic mass is 9.49. The predicted octanol–water partition coefficient (Wildman–Crippen LogP) is 7.49. The number of aromatic hydroxyl groups is 1. The zero-order chi connectivity index (χ0) is 41.4. The van der Waals surface area contributed by atoms with Crippen LogP contribution in [0.4, 0.5) is 24.5 Å². The highest BCUT2D eigenvalue weighted by atomic mass is 35.5. The monoisotopic (exact) mass is 835 g/mol. The van der Waals surface area contributed by atoms with E-state index in [1.165, 1.54) is 49.6 Å². The number of amides is 4. The lowest BCUT2D eigenvalue weighted by Gasteiger charge is -2.50. The molecule has 4 aliphatic rings. The molecule has 4 aromatic rings. The number of benzene rings is 4. The zero-order valence-electron chi connectivity index (χ0n) is 30.0. The van der Waals surface area contributed by atoms with Gasteiger partial charge in [-0.2, -0.15) is 5.01 Å². The average Bonchev–Trinajstić information content (AvgIpc) is 3.56. The van der Waals surface area contributed by atoms with Crippen LogP contribution in [-0.2, 0) is 24.6 Å². The molecule has 2 heterocycles. The molecule has 2 aliphatic carbocycles. The van der Waals surface area contributed by atoms with Crippen LogP contribution in [0.3, 0.4) is 0 Å². The lowest BCUT2D eigenvalue weighted by molar-refractivity contribution is -0.274. The number of phenols is 1. The van der Waals surface area contributed by atoms with Gasteiger partial charge >= 0.3 is 12.3 Å². The van der Waals surface area contributed by atoms with Crippen LogP contribution in [-0.4, -0.2) is 58.3 Å². The molecule has 6 atom stereocenters. The normalized spacial score (nSPS) is 25.2. The Hall–Kier alpha value is -6.06. The van der Waals surface area contributed by atoms with Crippen LogP contribution in [0.5, 0.6) is 17.2 Å². The molecule has 0 aromatic heterocycles. The van der Waals surface area contributed by atoms with Crippen molar-refractivity contribution < 1.29 is 56.8 Å². The number of methoxy groups -OCH3 is 1. The second kappa shape index (κ2) is 14.1. The van der Waals surface area contributed by atoms with Gasteiger partial charge in [-0.05, 0) is 91.1 Å². The second-order valence-corrected chi connectivity index (χ2v) is 15.2. The molecular formula is C41H30Cl2F3N3O9. The maximum absolute atomic E-state index is 15.4. The first-order valence-electron chi connectivity index (χ1n) is 17.8. The molecule has 2 saturated heterocycles. The molecule has 0 unspecified atom stereocenters. The fourth-order valence-corrected chi connectivity index (χ4v) is 9.63. The molecule has 8 rings (SSSR count). The van der Waals surface area contributed by atoms with Gasteiger partial charge < -0.3 is 19.7 Å². The molecule has 0 spiro atoms. The molecule has 58 heavy (non-hydrogen) atoms. The number of imide groups is 2. The summed E-state index contributed by atoms with van der Waals surface area (Å²) in [5.41, 5.74) is 1.11. The van der Waals surface area contributed by atoms with E-state index in [1.54, 1.807) is 30.3 Å².